The molecule has 1 aromatic rings. The summed E-state index contributed by atoms with van der Waals surface area (Å²) in [6.45, 7) is 2.52. The van der Waals surface area contributed by atoms with Crippen LogP contribution in [0.5, 0.6) is 0 Å². The Kier molecular flexibility index (Phi) is 5.86. The summed E-state index contributed by atoms with van der Waals surface area (Å²) in [4.78, 5) is 49.6. The summed E-state index contributed by atoms with van der Waals surface area (Å²) in [6.07, 6.45) is 2.73. The van der Waals surface area contributed by atoms with Crippen molar-refractivity contribution in [1.29, 1.82) is 0 Å². The van der Waals surface area contributed by atoms with Gasteiger partial charge in [0.15, 0.2) is 6.61 Å². The van der Waals surface area contributed by atoms with Crippen LogP contribution in [0.2, 0.25) is 0 Å². The number of hydrogen-bond donors (Lipinski definition) is 2. The fraction of sp³-hybridized carbons (Fsp3) is 0.500. The Labute approximate surface area is 167 Å². The van der Waals surface area contributed by atoms with E-state index in [2.05, 4.69) is 17.6 Å². The molecule has 1 aromatic carbocycles. The second kappa shape index (κ2) is 8.18. The van der Waals surface area contributed by atoms with Gasteiger partial charge in [0.25, 0.3) is 11.8 Å². The van der Waals surface area contributed by atoms with Crippen LogP contribution >= 0.6 is 0 Å². The van der Waals surface area contributed by atoms with Gasteiger partial charge in [0, 0.05) is 5.69 Å². The number of hydrogen-bond acceptors (Lipinski definition) is 5. The number of carbonyl (C=O) groups is 4. The summed E-state index contributed by atoms with van der Waals surface area (Å²) in [7, 11) is 0. The van der Waals surface area contributed by atoms with Gasteiger partial charge in [0.2, 0.25) is 0 Å². The maximum atomic E-state index is 13.5. The molecule has 1 aliphatic carbocycles. The van der Waals surface area contributed by atoms with E-state index in [1.54, 1.807) is 6.92 Å². The highest BCUT2D eigenvalue weighted by atomic mass is 19.1. The molecule has 3 rings (SSSR count). The van der Waals surface area contributed by atoms with Crippen molar-refractivity contribution in [2.24, 2.45) is 5.92 Å². The molecule has 0 unspecified atom stereocenters. The Morgan fingerprint density at radius 3 is 2.66 bits per heavy atom. The highest BCUT2D eigenvalue weighted by Crippen LogP contribution is 2.36. The Balaban J connectivity index is 1.50. The first-order valence-corrected chi connectivity index (χ1v) is 9.56. The number of urea groups is 1. The number of rotatable bonds is 5. The Morgan fingerprint density at radius 2 is 2.00 bits per heavy atom. The van der Waals surface area contributed by atoms with Crippen molar-refractivity contribution in [1.82, 2.24) is 10.2 Å². The fourth-order valence-electron chi connectivity index (χ4n) is 3.60. The number of esters is 1. The lowest BCUT2D eigenvalue weighted by molar-refractivity contribution is -0.150. The standard InChI is InChI=1S/C20H24FN3O5/c1-12-5-7-20(8-6-12)18(27)24(19(28)23-20)10-17(26)29-11-16(25)22-14-4-3-13(2)15(21)9-14/h3-4,9,12H,5-8,10-11H2,1-2H3,(H,22,25)(H,23,28). The first kappa shape index (κ1) is 20.8. The minimum Gasteiger partial charge on any atom is -0.454 e. The molecule has 1 spiro atoms. The number of carbonyl (C=O) groups excluding carboxylic acids is 4. The third-order valence-corrected chi connectivity index (χ3v) is 5.48. The van der Waals surface area contributed by atoms with Gasteiger partial charge in [-0.3, -0.25) is 19.3 Å². The molecule has 0 bridgehead atoms. The monoisotopic (exact) mass is 405 g/mol. The van der Waals surface area contributed by atoms with Gasteiger partial charge in [0.05, 0.1) is 0 Å². The minimum absolute atomic E-state index is 0.233. The lowest BCUT2D eigenvalue weighted by Crippen LogP contribution is -2.49. The molecule has 9 heteroatoms. The maximum Gasteiger partial charge on any atom is 0.326 e. The van der Waals surface area contributed by atoms with Crippen LogP contribution in [-0.2, 0) is 19.1 Å². The van der Waals surface area contributed by atoms with Crippen LogP contribution in [0.4, 0.5) is 14.9 Å². The fourth-order valence-corrected chi connectivity index (χ4v) is 3.60. The summed E-state index contributed by atoms with van der Waals surface area (Å²) < 4.78 is 18.4. The zero-order chi connectivity index (χ0) is 21.2. The molecule has 4 amide bonds. The molecular formula is C20H24FN3O5. The number of halogens is 1. The summed E-state index contributed by atoms with van der Waals surface area (Å²) >= 11 is 0. The van der Waals surface area contributed by atoms with E-state index in [1.807, 2.05) is 0 Å². The van der Waals surface area contributed by atoms with E-state index in [1.165, 1.54) is 12.1 Å². The normalized spacial score (nSPS) is 23.8. The predicted molar refractivity (Wildman–Crippen MR) is 101 cm³/mol. The van der Waals surface area contributed by atoms with Gasteiger partial charge >= 0.3 is 12.0 Å². The van der Waals surface area contributed by atoms with E-state index in [9.17, 15) is 23.6 Å². The quantitative estimate of drug-likeness (QED) is 0.577. The van der Waals surface area contributed by atoms with Crippen LogP contribution in [0.25, 0.3) is 0 Å². The molecule has 1 heterocycles. The van der Waals surface area contributed by atoms with E-state index in [0.29, 0.717) is 24.3 Å². The summed E-state index contributed by atoms with van der Waals surface area (Å²) in [5, 5.41) is 5.13. The van der Waals surface area contributed by atoms with Crippen molar-refractivity contribution in [3.63, 3.8) is 0 Å². The lowest BCUT2D eigenvalue weighted by atomic mass is 9.77. The van der Waals surface area contributed by atoms with Crippen LogP contribution in [0.15, 0.2) is 18.2 Å². The van der Waals surface area contributed by atoms with Gasteiger partial charge in [-0.1, -0.05) is 13.0 Å². The van der Waals surface area contributed by atoms with Gasteiger partial charge in [-0.25, -0.2) is 9.18 Å². The van der Waals surface area contributed by atoms with Crippen LogP contribution in [0.3, 0.4) is 0 Å². The van der Waals surface area contributed by atoms with Crippen molar-refractivity contribution >= 4 is 29.5 Å². The highest BCUT2D eigenvalue weighted by molar-refractivity contribution is 6.08. The first-order chi connectivity index (χ1) is 13.7. The van der Waals surface area contributed by atoms with Crippen molar-refractivity contribution in [2.45, 2.75) is 45.1 Å². The summed E-state index contributed by atoms with van der Waals surface area (Å²) in [5.41, 5.74) is -0.263. The molecule has 0 atom stereocenters. The maximum absolute atomic E-state index is 13.5. The second-order valence-electron chi connectivity index (χ2n) is 7.76. The van der Waals surface area contributed by atoms with Gasteiger partial charge < -0.3 is 15.4 Å². The summed E-state index contributed by atoms with van der Waals surface area (Å²) in [5.74, 6) is -1.93. The number of amides is 4. The van der Waals surface area contributed by atoms with E-state index in [0.717, 1.165) is 23.8 Å². The Hall–Kier alpha value is -2.97. The van der Waals surface area contributed by atoms with Gasteiger partial charge in [-0.2, -0.15) is 0 Å². The largest absolute Gasteiger partial charge is 0.454 e. The molecule has 2 N–H and O–H groups in total. The highest BCUT2D eigenvalue weighted by Gasteiger charge is 2.52. The van der Waals surface area contributed by atoms with Gasteiger partial charge in [-0.05, 0) is 56.2 Å². The van der Waals surface area contributed by atoms with Gasteiger partial charge in [0.1, 0.15) is 17.9 Å². The SMILES string of the molecule is Cc1ccc(NC(=O)COC(=O)CN2C(=O)NC3(CCC(C)CC3)C2=O)cc1F. The van der Waals surface area contributed by atoms with E-state index >= 15 is 0 Å². The molecule has 8 nitrogen and oxygen atoms in total. The molecule has 1 aliphatic heterocycles. The smallest absolute Gasteiger partial charge is 0.326 e. The number of anilines is 1. The Morgan fingerprint density at radius 1 is 1.31 bits per heavy atom. The average molecular weight is 405 g/mol. The number of ether oxygens (including phenoxy) is 1. The number of nitrogens with zero attached hydrogens (tertiary/aromatic N) is 1. The molecule has 156 valence electrons. The van der Waals surface area contributed by atoms with Crippen LogP contribution < -0.4 is 10.6 Å². The average Bonchev–Trinajstić information content (AvgIpc) is 2.90. The number of imide groups is 1. The third-order valence-electron chi connectivity index (χ3n) is 5.48. The Bertz CT molecular complexity index is 849. The molecule has 2 aliphatic rings. The molecular weight excluding hydrogens is 381 g/mol. The number of nitrogens with one attached hydrogen (secondary N) is 2. The van der Waals surface area contributed by atoms with Crippen molar-refractivity contribution < 1.29 is 28.3 Å². The zero-order valence-electron chi connectivity index (χ0n) is 16.4. The minimum atomic E-state index is -0.934. The van der Waals surface area contributed by atoms with Crippen LogP contribution in [0.1, 0.15) is 38.2 Å². The molecule has 0 radical (unpaired) electrons. The third kappa shape index (κ3) is 4.55. The van der Waals surface area contributed by atoms with Crippen LogP contribution in [0, 0.1) is 18.7 Å². The van der Waals surface area contributed by atoms with E-state index in [4.69, 9.17) is 4.74 Å². The lowest BCUT2D eigenvalue weighted by Gasteiger charge is -2.33. The van der Waals surface area contributed by atoms with Crippen molar-refractivity contribution in [2.75, 3.05) is 18.5 Å². The van der Waals surface area contributed by atoms with Gasteiger partial charge in [-0.15, -0.1) is 0 Å². The first-order valence-electron chi connectivity index (χ1n) is 9.56. The molecule has 0 aromatic heterocycles. The zero-order valence-corrected chi connectivity index (χ0v) is 16.4. The van der Waals surface area contributed by atoms with Crippen molar-refractivity contribution in [3.8, 4) is 0 Å². The summed E-state index contributed by atoms with van der Waals surface area (Å²) in [6, 6.07) is 3.57. The van der Waals surface area contributed by atoms with Crippen molar-refractivity contribution in [3.05, 3.63) is 29.6 Å². The van der Waals surface area contributed by atoms with E-state index < -0.39 is 48.3 Å². The van der Waals surface area contributed by atoms with E-state index in [-0.39, 0.29) is 5.69 Å². The topological polar surface area (TPSA) is 105 Å². The number of benzene rings is 1. The molecule has 29 heavy (non-hydrogen) atoms. The molecule has 2 fully saturated rings. The second-order valence-corrected chi connectivity index (χ2v) is 7.76. The number of aryl methyl sites for hydroxylation is 1. The molecule has 1 saturated heterocycles. The predicted octanol–water partition coefficient (Wildman–Crippen LogP) is 2.12. The van der Waals surface area contributed by atoms with Crippen LogP contribution in [-0.4, -0.2) is 47.4 Å². The molecule has 1 saturated carbocycles.